The molecule has 1 aliphatic heterocycles. The van der Waals surface area contributed by atoms with Crippen molar-refractivity contribution in [2.45, 2.75) is 32.4 Å². The fourth-order valence-electron chi connectivity index (χ4n) is 2.86. The van der Waals surface area contributed by atoms with Gasteiger partial charge < -0.3 is 16.0 Å². The Balaban J connectivity index is 0.00000225. The van der Waals surface area contributed by atoms with E-state index in [1.165, 1.54) is 6.92 Å². The molecule has 2 heterocycles. The van der Waals surface area contributed by atoms with Crippen LogP contribution < -0.4 is 11.1 Å². The van der Waals surface area contributed by atoms with Crippen molar-refractivity contribution in [2.24, 2.45) is 5.73 Å². The predicted octanol–water partition coefficient (Wildman–Crippen LogP) is 1.30. The number of aromatic nitrogens is 3. The minimum absolute atomic E-state index is 0. The number of likely N-dealkylation sites (tertiary alicyclic amines) is 1. The molecule has 3 rings (SSSR count). The van der Waals surface area contributed by atoms with Crippen LogP contribution in [0.2, 0.25) is 0 Å². The number of nitrogens with one attached hydrogen (secondary N) is 2. The predicted molar refractivity (Wildman–Crippen MR) is 96.0 cm³/mol. The molecule has 1 fully saturated rings. The van der Waals surface area contributed by atoms with Crippen LogP contribution >= 0.6 is 12.4 Å². The van der Waals surface area contributed by atoms with E-state index in [-0.39, 0.29) is 30.3 Å². The lowest BCUT2D eigenvalue weighted by Gasteiger charge is -2.22. The first-order valence-corrected chi connectivity index (χ1v) is 7.88. The van der Waals surface area contributed by atoms with E-state index < -0.39 is 0 Å². The Hall–Kier alpha value is -2.45. The molecule has 1 atom stereocenters. The molecule has 0 spiro atoms. The number of carbonyl (C=O) groups is 2. The van der Waals surface area contributed by atoms with Crippen molar-refractivity contribution in [3.63, 3.8) is 0 Å². The first-order chi connectivity index (χ1) is 11.6. The van der Waals surface area contributed by atoms with E-state index in [9.17, 15) is 9.59 Å². The van der Waals surface area contributed by atoms with Crippen molar-refractivity contribution in [2.75, 3.05) is 11.9 Å². The molecule has 25 heavy (non-hydrogen) atoms. The van der Waals surface area contributed by atoms with Gasteiger partial charge in [0.05, 0.1) is 6.54 Å². The number of hydrogen-bond donors (Lipinski definition) is 3. The standard InChI is InChI=1S/C16H20N6O2.ClH/c1-10(23)22-8-2-3-13(22)16(24)18-12-6-4-11(5-7-12)15-19-14(9-17)20-21-15;/h4-7,13H,2-3,8-9,17H2,1H3,(H,18,24)(H,19,20,21);1H. The first kappa shape index (κ1) is 18.9. The third kappa shape index (κ3) is 4.15. The number of anilines is 1. The van der Waals surface area contributed by atoms with Gasteiger partial charge in [-0.2, -0.15) is 5.10 Å². The lowest BCUT2D eigenvalue weighted by molar-refractivity contribution is -0.134. The Morgan fingerprint density at radius 2 is 2.08 bits per heavy atom. The molecule has 0 saturated carbocycles. The number of nitrogens with zero attached hydrogens (tertiary/aromatic N) is 3. The van der Waals surface area contributed by atoms with Gasteiger partial charge in [-0.25, -0.2) is 4.98 Å². The summed E-state index contributed by atoms with van der Waals surface area (Å²) in [6.45, 7) is 2.43. The second kappa shape index (κ2) is 8.09. The molecule has 9 heteroatoms. The minimum Gasteiger partial charge on any atom is -0.331 e. The summed E-state index contributed by atoms with van der Waals surface area (Å²) in [4.78, 5) is 29.8. The Morgan fingerprint density at radius 1 is 1.36 bits per heavy atom. The molecule has 8 nitrogen and oxygen atoms in total. The third-order valence-corrected chi connectivity index (χ3v) is 4.10. The average molecular weight is 365 g/mol. The largest absolute Gasteiger partial charge is 0.331 e. The number of hydrogen-bond acceptors (Lipinski definition) is 5. The highest BCUT2D eigenvalue weighted by Gasteiger charge is 2.32. The van der Waals surface area contributed by atoms with Crippen molar-refractivity contribution < 1.29 is 9.59 Å². The number of amides is 2. The van der Waals surface area contributed by atoms with E-state index in [4.69, 9.17) is 5.73 Å². The summed E-state index contributed by atoms with van der Waals surface area (Å²) in [7, 11) is 0. The van der Waals surface area contributed by atoms with Gasteiger partial charge in [-0.1, -0.05) is 0 Å². The maximum Gasteiger partial charge on any atom is 0.247 e. The highest BCUT2D eigenvalue weighted by atomic mass is 35.5. The topological polar surface area (TPSA) is 117 Å². The number of H-pyrrole nitrogens is 1. The lowest BCUT2D eigenvalue weighted by Crippen LogP contribution is -2.42. The number of aromatic amines is 1. The summed E-state index contributed by atoms with van der Waals surface area (Å²) < 4.78 is 0. The maximum atomic E-state index is 12.4. The number of rotatable bonds is 4. The van der Waals surface area contributed by atoms with Crippen LogP contribution in [0, 0.1) is 0 Å². The van der Waals surface area contributed by atoms with Crippen LogP contribution in [-0.2, 0) is 16.1 Å². The third-order valence-electron chi connectivity index (χ3n) is 4.10. The smallest absolute Gasteiger partial charge is 0.247 e. The second-order valence-corrected chi connectivity index (χ2v) is 5.75. The monoisotopic (exact) mass is 364 g/mol. The van der Waals surface area contributed by atoms with Crippen molar-refractivity contribution in [1.29, 1.82) is 0 Å². The highest BCUT2D eigenvalue weighted by molar-refractivity contribution is 5.97. The molecule has 0 radical (unpaired) electrons. The van der Waals surface area contributed by atoms with Gasteiger partial charge in [0.1, 0.15) is 11.9 Å². The SMILES string of the molecule is CC(=O)N1CCCC1C(=O)Nc1ccc(-c2n[nH]c(CN)n2)cc1.Cl. The Bertz CT molecular complexity index is 745. The van der Waals surface area contributed by atoms with Crippen LogP contribution in [-0.4, -0.2) is 44.5 Å². The fourth-order valence-corrected chi connectivity index (χ4v) is 2.86. The Kier molecular flexibility index (Phi) is 6.11. The number of nitrogens with two attached hydrogens (primary N) is 1. The maximum absolute atomic E-state index is 12.4. The molecular weight excluding hydrogens is 344 g/mol. The first-order valence-electron chi connectivity index (χ1n) is 7.88. The summed E-state index contributed by atoms with van der Waals surface area (Å²) in [5.41, 5.74) is 7.01. The van der Waals surface area contributed by atoms with Gasteiger partial charge in [0.2, 0.25) is 11.8 Å². The molecule has 1 aliphatic rings. The zero-order chi connectivity index (χ0) is 17.1. The van der Waals surface area contributed by atoms with Crippen LogP contribution in [0.3, 0.4) is 0 Å². The highest BCUT2D eigenvalue weighted by Crippen LogP contribution is 2.21. The Labute approximate surface area is 151 Å². The summed E-state index contributed by atoms with van der Waals surface area (Å²) in [5, 5.41) is 9.71. The zero-order valence-electron chi connectivity index (χ0n) is 13.9. The van der Waals surface area contributed by atoms with Crippen LogP contribution in [0.5, 0.6) is 0 Å². The fraction of sp³-hybridized carbons (Fsp3) is 0.375. The van der Waals surface area contributed by atoms with Gasteiger partial charge in [-0.3, -0.25) is 14.7 Å². The normalized spacial score (nSPS) is 16.4. The summed E-state index contributed by atoms with van der Waals surface area (Å²) >= 11 is 0. The van der Waals surface area contributed by atoms with Crippen LogP contribution in [0.1, 0.15) is 25.6 Å². The van der Waals surface area contributed by atoms with Gasteiger partial charge in [0.25, 0.3) is 0 Å². The van der Waals surface area contributed by atoms with Gasteiger partial charge in [-0.15, -0.1) is 12.4 Å². The summed E-state index contributed by atoms with van der Waals surface area (Å²) in [6, 6.07) is 6.85. The van der Waals surface area contributed by atoms with Gasteiger partial charge in [0.15, 0.2) is 5.82 Å². The van der Waals surface area contributed by atoms with Crippen molar-refractivity contribution in [3.8, 4) is 11.4 Å². The number of carbonyl (C=O) groups excluding carboxylic acids is 2. The van der Waals surface area contributed by atoms with E-state index >= 15 is 0 Å². The van der Waals surface area contributed by atoms with Gasteiger partial charge in [0, 0.05) is 24.7 Å². The molecular formula is C16H21ClN6O2. The van der Waals surface area contributed by atoms with E-state index in [1.807, 2.05) is 12.1 Å². The van der Waals surface area contributed by atoms with Crippen LogP contribution in [0.15, 0.2) is 24.3 Å². The van der Waals surface area contributed by atoms with E-state index in [0.29, 0.717) is 36.8 Å². The molecule has 1 unspecified atom stereocenters. The molecule has 134 valence electrons. The molecule has 2 amide bonds. The van der Waals surface area contributed by atoms with E-state index in [1.54, 1.807) is 17.0 Å². The summed E-state index contributed by atoms with van der Waals surface area (Å²) in [6.07, 6.45) is 1.55. The average Bonchev–Trinajstić information content (AvgIpc) is 3.25. The Morgan fingerprint density at radius 3 is 2.68 bits per heavy atom. The van der Waals surface area contributed by atoms with E-state index in [2.05, 4.69) is 20.5 Å². The van der Waals surface area contributed by atoms with Crippen LogP contribution in [0.4, 0.5) is 5.69 Å². The molecule has 4 N–H and O–H groups in total. The van der Waals surface area contributed by atoms with Crippen LogP contribution in [0.25, 0.3) is 11.4 Å². The molecule has 0 bridgehead atoms. The zero-order valence-corrected chi connectivity index (χ0v) is 14.7. The quantitative estimate of drug-likeness (QED) is 0.756. The van der Waals surface area contributed by atoms with Crippen molar-refractivity contribution in [1.82, 2.24) is 20.1 Å². The van der Waals surface area contributed by atoms with Gasteiger partial charge >= 0.3 is 0 Å². The number of benzene rings is 1. The molecule has 1 aromatic heterocycles. The molecule has 1 saturated heterocycles. The lowest BCUT2D eigenvalue weighted by atomic mass is 10.1. The second-order valence-electron chi connectivity index (χ2n) is 5.75. The van der Waals surface area contributed by atoms with E-state index in [0.717, 1.165) is 12.0 Å². The molecule has 0 aliphatic carbocycles. The number of halogens is 1. The summed E-state index contributed by atoms with van der Waals surface area (Å²) in [5.74, 6) is 0.960. The molecule has 1 aromatic carbocycles. The molecule has 2 aromatic rings. The van der Waals surface area contributed by atoms with Gasteiger partial charge in [-0.05, 0) is 37.1 Å². The van der Waals surface area contributed by atoms with Crippen molar-refractivity contribution >= 4 is 29.9 Å². The van der Waals surface area contributed by atoms with Crippen molar-refractivity contribution in [3.05, 3.63) is 30.1 Å². The minimum atomic E-state index is -0.387.